The maximum atomic E-state index is 12.4. The van der Waals surface area contributed by atoms with Crippen LogP contribution < -0.4 is 16.8 Å². The molecule has 62 heavy (non-hydrogen) atoms. The highest BCUT2D eigenvalue weighted by atomic mass is 16.6. The summed E-state index contributed by atoms with van der Waals surface area (Å²) < 4.78 is 50.2. The number of unbranched alkanes of at least 4 members (excludes halogenated alkanes) is 2. The minimum absolute atomic E-state index is 0.0736. The van der Waals surface area contributed by atoms with E-state index in [1.54, 1.807) is 6.07 Å². The van der Waals surface area contributed by atoms with Crippen LogP contribution in [-0.4, -0.2) is 148 Å². The Balaban J connectivity index is 0.873. The minimum Gasteiger partial charge on any atom is -0.436 e. The van der Waals surface area contributed by atoms with Crippen LogP contribution in [0.2, 0.25) is 0 Å². The first-order valence-corrected chi connectivity index (χ1v) is 20.9. The van der Waals surface area contributed by atoms with E-state index in [1.165, 1.54) is 6.33 Å². The normalized spacial score (nSPS) is 11.3. The summed E-state index contributed by atoms with van der Waals surface area (Å²) >= 11 is 0. The van der Waals surface area contributed by atoms with Crippen LogP contribution >= 0.6 is 0 Å². The van der Waals surface area contributed by atoms with Gasteiger partial charge in [0.15, 0.2) is 17.8 Å². The number of hydrogen-bond donors (Lipinski definition) is 3. The molecule has 0 aliphatic heterocycles. The van der Waals surface area contributed by atoms with Gasteiger partial charge in [0.25, 0.3) is 6.01 Å². The molecule has 0 atom stereocenters. The first-order valence-electron chi connectivity index (χ1n) is 20.9. The molecule has 0 saturated heterocycles. The van der Waals surface area contributed by atoms with Crippen molar-refractivity contribution in [1.29, 1.82) is 0 Å². The summed E-state index contributed by atoms with van der Waals surface area (Å²) in [6.07, 6.45) is 10.6. The van der Waals surface area contributed by atoms with Crippen molar-refractivity contribution in [2.45, 2.75) is 57.9 Å². The maximum absolute atomic E-state index is 12.4. The quantitative estimate of drug-likeness (QED) is 0.0436. The van der Waals surface area contributed by atoms with Gasteiger partial charge in [-0.05, 0) is 37.5 Å². The molecule has 0 spiro atoms. The van der Waals surface area contributed by atoms with E-state index in [0.29, 0.717) is 171 Å². The Morgan fingerprint density at radius 2 is 1.31 bits per heavy atom. The molecule has 3 aromatic heterocycles. The van der Waals surface area contributed by atoms with Crippen LogP contribution in [0.15, 0.2) is 28.9 Å². The molecule has 340 valence electrons. The van der Waals surface area contributed by atoms with Crippen molar-refractivity contribution in [3.8, 4) is 23.6 Å². The highest BCUT2D eigenvalue weighted by Gasteiger charge is 2.18. The van der Waals surface area contributed by atoms with Crippen LogP contribution in [0.25, 0.3) is 33.4 Å². The summed E-state index contributed by atoms with van der Waals surface area (Å²) in [6.45, 7) is 6.45. The number of hydrogen-bond acceptors (Lipinski definition) is 18. The van der Waals surface area contributed by atoms with E-state index in [9.17, 15) is 14.4 Å². The van der Waals surface area contributed by atoms with Crippen LogP contribution in [0.3, 0.4) is 0 Å². The van der Waals surface area contributed by atoms with Crippen molar-refractivity contribution in [3.63, 3.8) is 0 Å². The zero-order chi connectivity index (χ0) is 44.0. The van der Waals surface area contributed by atoms with E-state index in [4.69, 9.17) is 60.6 Å². The molecule has 5 N–H and O–H groups in total. The van der Waals surface area contributed by atoms with Gasteiger partial charge < -0.3 is 59.1 Å². The second kappa shape index (κ2) is 29.9. The van der Waals surface area contributed by atoms with Crippen LogP contribution in [0.1, 0.15) is 51.4 Å². The molecule has 4 aromatic rings. The first kappa shape index (κ1) is 49.4. The third kappa shape index (κ3) is 19.2. The summed E-state index contributed by atoms with van der Waals surface area (Å²) in [4.78, 5) is 48.4. The lowest BCUT2D eigenvalue weighted by molar-refractivity contribution is -0.121. The lowest BCUT2D eigenvalue weighted by Gasteiger charge is -2.08. The number of alkyl carbamates (subject to hydrolysis) is 1. The van der Waals surface area contributed by atoms with Crippen molar-refractivity contribution in [2.24, 2.45) is 0 Å². The molecule has 4 rings (SSSR count). The van der Waals surface area contributed by atoms with Gasteiger partial charge >= 0.3 is 6.09 Å². The number of amides is 1. The van der Waals surface area contributed by atoms with Crippen molar-refractivity contribution >= 4 is 51.6 Å². The number of anilines is 2. The van der Waals surface area contributed by atoms with Gasteiger partial charge in [0.05, 0.1) is 91.3 Å². The lowest BCUT2D eigenvalue weighted by atomic mass is 10.1. The minimum atomic E-state index is -0.582. The molecule has 0 bridgehead atoms. The number of nitrogens with one attached hydrogen (secondary N) is 1. The van der Waals surface area contributed by atoms with Gasteiger partial charge in [0, 0.05) is 50.9 Å². The Morgan fingerprint density at radius 1 is 0.710 bits per heavy atom. The van der Waals surface area contributed by atoms with Gasteiger partial charge in [-0.1, -0.05) is 12.3 Å². The Kier molecular flexibility index (Phi) is 23.8. The highest BCUT2D eigenvalue weighted by molar-refractivity contribution is 5.99. The molecule has 20 nitrogen and oxygen atoms in total. The molecule has 3 heterocycles. The third-order valence-corrected chi connectivity index (χ3v) is 9.02. The molecule has 1 amide bonds. The fourth-order valence-corrected chi connectivity index (χ4v) is 5.92. The second-order valence-corrected chi connectivity index (χ2v) is 13.7. The lowest BCUT2D eigenvalue weighted by Crippen LogP contribution is -2.28. The number of aromatic nitrogens is 5. The number of carbonyl (C=O) groups is 3. The molecule has 0 unspecified atom stereocenters. The van der Waals surface area contributed by atoms with Crippen LogP contribution in [0.4, 0.5) is 16.6 Å². The number of fused-ring (bicyclic) bond motifs is 2. The fraction of sp³-hybridized carbons (Fsp3) is 0.595. The molecule has 0 aliphatic rings. The summed E-state index contributed by atoms with van der Waals surface area (Å²) in [6, 6.07) is 5.61. The Bertz CT molecular complexity index is 1970. The van der Waals surface area contributed by atoms with Gasteiger partial charge in [-0.15, -0.1) is 6.42 Å². The number of rotatable bonds is 36. The molecule has 0 saturated carbocycles. The topological polar surface area (TPSA) is 259 Å². The molecular formula is C42H60N8O12. The number of nitrogens with two attached hydrogens (primary N) is 2. The van der Waals surface area contributed by atoms with Crippen molar-refractivity contribution < 1.29 is 56.7 Å². The number of oxazole rings is 1. The first-order chi connectivity index (χ1) is 30.4. The number of ketones is 2. The zero-order valence-electron chi connectivity index (χ0n) is 35.4. The molecule has 0 radical (unpaired) electrons. The second-order valence-electron chi connectivity index (χ2n) is 13.7. The maximum Gasteiger partial charge on any atom is 0.408 e. The Labute approximate surface area is 360 Å². The fourth-order valence-electron chi connectivity index (χ4n) is 5.92. The van der Waals surface area contributed by atoms with Gasteiger partial charge in [0.1, 0.15) is 34.9 Å². The number of benzene rings is 1. The monoisotopic (exact) mass is 868 g/mol. The van der Waals surface area contributed by atoms with Crippen molar-refractivity contribution in [3.05, 3.63) is 24.5 Å². The van der Waals surface area contributed by atoms with E-state index in [2.05, 4.69) is 30.9 Å². The zero-order valence-corrected chi connectivity index (χ0v) is 35.4. The summed E-state index contributed by atoms with van der Waals surface area (Å²) in [5.74, 6) is 2.83. The van der Waals surface area contributed by atoms with Gasteiger partial charge in [-0.25, -0.2) is 19.4 Å². The largest absolute Gasteiger partial charge is 0.436 e. The van der Waals surface area contributed by atoms with E-state index in [1.807, 2.05) is 16.8 Å². The average Bonchev–Trinajstić information content (AvgIpc) is 3.84. The van der Waals surface area contributed by atoms with E-state index >= 15 is 0 Å². The number of nitrogens with zero attached hydrogens (tertiary/aromatic N) is 5. The highest BCUT2D eigenvalue weighted by Crippen LogP contribution is 2.32. The smallest absolute Gasteiger partial charge is 0.408 e. The number of terminal acetylenes is 1. The molecule has 0 aliphatic carbocycles. The van der Waals surface area contributed by atoms with Crippen LogP contribution in [0.5, 0.6) is 0 Å². The SMILES string of the molecule is C#CCOC(=O)NCCOCCOCCOCCC(=O)CCCOCCOCCOCCOCCC(=O)CCCCCn1nc(-c2ccc3oc(N)nc3c2)c2c(N)ncnc21. The molecule has 0 fully saturated rings. The Hall–Kier alpha value is -5.27. The summed E-state index contributed by atoms with van der Waals surface area (Å²) in [5.41, 5.74) is 15.3. The van der Waals surface area contributed by atoms with E-state index < -0.39 is 6.09 Å². The molecule has 20 heteroatoms. The molecule has 1 aromatic carbocycles. The number of nitrogen functional groups attached to an aromatic ring is 2. The summed E-state index contributed by atoms with van der Waals surface area (Å²) in [5, 5.41) is 7.99. The van der Waals surface area contributed by atoms with E-state index in [0.717, 1.165) is 24.8 Å². The van der Waals surface area contributed by atoms with Crippen LogP contribution in [-0.2, 0) is 54.0 Å². The standard InChI is InChI=1S/C42H60N8O12/c1-2-15-61-42(53)45-13-19-57-23-27-59-25-21-56-18-12-34(52)8-6-16-54-20-24-58-28-29-60-26-22-55-17-11-33(51)7-4-3-5-14-50-40-37(39(43)46-31-47-40)38(49-50)32-9-10-36-35(30-32)48-41(44)62-36/h1,9-10,30-31H,3-8,11-29H2,(H2,44,48)(H,45,53)(H2,43,46,47). The van der Waals surface area contributed by atoms with Crippen molar-refractivity contribution in [2.75, 3.05) is 117 Å². The number of ether oxygens (including phenoxy) is 8. The van der Waals surface area contributed by atoms with Crippen LogP contribution in [0, 0.1) is 12.3 Å². The summed E-state index contributed by atoms with van der Waals surface area (Å²) in [7, 11) is 0. The number of carbonyl (C=O) groups excluding carboxylic acids is 3. The van der Waals surface area contributed by atoms with Gasteiger partial charge in [0.2, 0.25) is 0 Å². The van der Waals surface area contributed by atoms with Crippen molar-refractivity contribution in [1.82, 2.24) is 30.0 Å². The van der Waals surface area contributed by atoms with Gasteiger partial charge in [-0.3, -0.25) is 9.59 Å². The van der Waals surface area contributed by atoms with Gasteiger partial charge in [-0.2, -0.15) is 10.1 Å². The Morgan fingerprint density at radius 3 is 1.95 bits per heavy atom. The molecular weight excluding hydrogens is 809 g/mol. The predicted octanol–water partition coefficient (Wildman–Crippen LogP) is 3.53. The third-order valence-electron chi connectivity index (χ3n) is 9.02. The number of aryl methyl sites for hydroxylation is 1. The predicted molar refractivity (Wildman–Crippen MR) is 228 cm³/mol. The average molecular weight is 869 g/mol. The number of Topliss-reactive ketones (excluding diaryl/α,β-unsaturated/α-hetero) is 2. The van der Waals surface area contributed by atoms with E-state index in [-0.39, 0.29) is 24.2 Å².